The van der Waals surface area contributed by atoms with Crippen LogP contribution >= 0.6 is 0 Å². The monoisotopic (exact) mass is 333 g/mol. The van der Waals surface area contributed by atoms with Crippen LogP contribution in [0.5, 0.6) is 5.75 Å². The molecule has 132 valence electrons. The average Bonchev–Trinajstić information content (AvgIpc) is 2.60. The van der Waals surface area contributed by atoms with Gasteiger partial charge in [0.25, 0.3) is 0 Å². The van der Waals surface area contributed by atoms with Crippen LogP contribution in [0.3, 0.4) is 0 Å². The first-order valence-electron chi connectivity index (χ1n) is 8.48. The Labute approximate surface area is 143 Å². The van der Waals surface area contributed by atoms with Gasteiger partial charge in [-0.25, -0.2) is 4.79 Å². The third-order valence-corrected chi connectivity index (χ3v) is 4.34. The number of urea groups is 1. The molecule has 0 radical (unpaired) electrons. The van der Waals surface area contributed by atoms with E-state index in [0.29, 0.717) is 37.0 Å². The summed E-state index contributed by atoms with van der Waals surface area (Å²) in [5, 5.41) is 5.88. The van der Waals surface area contributed by atoms with Gasteiger partial charge >= 0.3 is 6.03 Å². The van der Waals surface area contributed by atoms with Crippen LogP contribution in [-0.4, -0.2) is 43.6 Å². The maximum atomic E-state index is 12.4. The predicted molar refractivity (Wildman–Crippen MR) is 94.2 cm³/mol. The van der Waals surface area contributed by atoms with Crippen molar-refractivity contribution in [3.63, 3.8) is 0 Å². The van der Waals surface area contributed by atoms with Crippen LogP contribution in [0.2, 0.25) is 0 Å². The number of carbonyl (C=O) groups is 2. The van der Waals surface area contributed by atoms with Crippen molar-refractivity contribution in [2.45, 2.75) is 26.7 Å². The summed E-state index contributed by atoms with van der Waals surface area (Å²) < 4.78 is 5.25. The number of anilines is 1. The summed E-state index contributed by atoms with van der Waals surface area (Å²) >= 11 is 0. The molecule has 1 fully saturated rings. The number of hydrogen-bond acceptors (Lipinski definition) is 3. The number of para-hydroxylation sites is 2. The van der Waals surface area contributed by atoms with Gasteiger partial charge in [0.05, 0.1) is 12.8 Å². The highest BCUT2D eigenvalue weighted by Gasteiger charge is 2.23. The van der Waals surface area contributed by atoms with Gasteiger partial charge in [0, 0.05) is 25.6 Å². The lowest BCUT2D eigenvalue weighted by Crippen LogP contribution is -2.43. The number of nitrogens with one attached hydrogen (secondary N) is 2. The zero-order valence-electron chi connectivity index (χ0n) is 14.7. The maximum absolute atomic E-state index is 12.4. The molecule has 1 aliphatic heterocycles. The summed E-state index contributed by atoms with van der Waals surface area (Å²) in [6.45, 7) is 5.87. The quantitative estimate of drug-likeness (QED) is 0.870. The van der Waals surface area contributed by atoms with Crippen molar-refractivity contribution in [2.24, 2.45) is 11.8 Å². The number of benzene rings is 1. The highest BCUT2D eigenvalue weighted by atomic mass is 16.5. The summed E-state index contributed by atoms with van der Waals surface area (Å²) in [6, 6.07) is 7.27. The molecule has 1 saturated heterocycles. The van der Waals surface area contributed by atoms with Gasteiger partial charge in [0.15, 0.2) is 0 Å². The first-order chi connectivity index (χ1) is 11.5. The summed E-state index contributed by atoms with van der Waals surface area (Å²) in [6.07, 6.45) is 1.80. The molecule has 6 heteroatoms. The van der Waals surface area contributed by atoms with E-state index >= 15 is 0 Å². The number of methoxy groups -OCH3 is 1. The Morgan fingerprint density at radius 3 is 2.54 bits per heavy atom. The van der Waals surface area contributed by atoms with Crippen molar-refractivity contribution in [3.05, 3.63) is 24.3 Å². The second-order valence-electron chi connectivity index (χ2n) is 6.46. The number of piperidine rings is 1. The fourth-order valence-corrected chi connectivity index (χ4v) is 2.73. The number of likely N-dealkylation sites (tertiary alicyclic amines) is 1. The first kappa shape index (κ1) is 18.1. The largest absolute Gasteiger partial charge is 0.495 e. The molecule has 24 heavy (non-hydrogen) atoms. The highest BCUT2D eigenvalue weighted by molar-refractivity contribution is 5.91. The molecule has 1 aromatic rings. The van der Waals surface area contributed by atoms with Crippen LogP contribution in [0.25, 0.3) is 0 Å². The number of ether oxygens (including phenoxy) is 1. The van der Waals surface area contributed by atoms with Crippen molar-refractivity contribution in [1.29, 1.82) is 0 Å². The minimum Gasteiger partial charge on any atom is -0.495 e. The lowest BCUT2D eigenvalue weighted by Gasteiger charge is -2.32. The van der Waals surface area contributed by atoms with Crippen molar-refractivity contribution in [1.82, 2.24) is 10.2 Å². The Morgan fingerprint density at radius 1 is 1.25 bits per heavy atom. The third kappa shape index (κ3) is 4.88. The highest BCUT2D eigenvalue weighted by Crippen LogP contribution is 2.24. The normalized spacial score (nSPS) is 15.2. The number of rotatable bonds is 5. The topological polar surface area (TPSA) is 70.7 Å². The van der Waals surface area contributed by atoms with Crippen molar-refractivity contribution < 1.29 is 14.3 Å². The van der Waals surface area contributed by atoms with Crippen molar-refractivity contribution in [3.8, 4) is 5.75 Å². The molecule has 1 aliphatic rings. The van der Waals surface area contributed by atoms with Gasteiger partial charge in [-0.2, -0.15) is 0 Å². The van der Waals surface area contributed by atoms with Crippen molar-refractivity contribution in [2.75, 3.05) is 32.1 Å². The molecule has 0 saturated carbocycles. The SMILES string of the molecule is COc1ccccc1NC(=O)N1CCC(CNC(=O)C(C)C)CC1. The Bertz CT molecular complexity index is 566. The minimum atomic E-state index is -0.107. The second-order valence-corrected chi connectivity index (χ2v) is 6.46. The first-order valence-corrected chi connectivity index (χ1v) is 8.48. The van der Waals surface area contributed by atoms with Crippen LogP contribution in [0.15, 0.2) is 24.3 Å². The molecule has 2 rings (SSSR count). The summed E-state index contributed by atoms with van der Waals surface area (Å²) in [5.74, 6) is 1.18. The summed E-state index contributed by atoms with van der Waals surface area (Å²) in [7, 11) is 1.59. The van der Waals surface area contributed by atoms with E-state index in [2.05, 4.69) is 10.6 Å². The zero-order chi connectivity index (χ0) is 17.5. The van der Waals surface area contributed by atoms with Crippen LogP contribution < -0.4 is 15.4 Å². The molecule has 2 N–H and O–H groups in total. The molecule has 0 aromatic heterocycles. The molecular weight excluding hydrogens is 306 g/mol. The van der Waals surface area contributed by atoms with E-state index in [0.717, 1.165) is 12.8 Å². The van der Waals surface area contributed by atoms with Crippen LogP contribution in [-0.2, 0) is 4.79 Å². The maximum Gasteiger partial charge on any atom is 0.321 e. The zero-order valence-corrected chi connectivity index (χ0v) is 14.7. The van der Waals surface area contributed by atoms with Gasteiger partial charge in [0.1, 0.15) is 5.75 Å². The van der Waals surface area contributed by atoms with E-state index in [4.69, 9.17) is 4.74 Å². The van der Waals surface area contributed by atoms with Crippen LogP contribution in [0.4, 0.5) is 10.5 Å². The molecule has 1 heterocycles. The van der Waals surface area contributed by atoms with Crippen LogP contribution in [0.1, 0.15) is 26.7 Å². The van der Waals surface area contributed by atoms with E-state index in [-0.39, 0.29) is 17.9 Å². The Hall–Kier alpha value is -2.24. The van der Waals surface area contributed by atoms with Crippen molar-refractivity contribution >= 4 is 17.6 Å². The molecule has 0 bridgehead atoms. The molecule has 3 amide bonds. The van der Waals surface area contributed by atoms with Crippen LogP contribution in [0, 0.1) is 11.8 Å². The molecule has 1 aromatic carbocycles. The number of nitrogens with zero attached hydrogens (tertiary/aromatic N) is 1. The predicted octanol–water partition coefficient (Wildman–Crippen LogP) is 2.71. The second kappa shape index (κ2) is 8.57. The van der Waals surface area contributed by atoms with Gasteiger partial charge in [-0.1, -0.05) is 26.0 Å². The summed E-state index contributed by atoms with van der Waals surface area (Å²) in [4.78, 5) is 25.8. The fourth-order valence-electron chi connectivity index (χ4n) is 2.73. The smallest absolute Gasteiger partial charge is 0.321 e. The molecule has 6 nitrogen and oxygen atoms in total. The van der Waals surface area contributed by atoms with E-state index in [1.807, 2.05) is 43.0 Å². The number of hydrogen-bond donors (Lipinski definition) is 2. The lowest BCUT2D eigenvalue weighted by atomic mass is 9.97. The Balaban J connectivity index is 1.79. The van der Waals surface area contributed by atoms with E-state index in [9.17, 15) is 9.59 Å². The molecule has 0 atom stereocenters. The molecule has 0 spiro atoms. The average molecular weight is 333 g/mol. The van der Waals surface area contributed by atoms with Gasteiger partial charge in [0.2, 0.25) is 5.91 Å². The summed E-state index contributed by atoms with van der Waals surface area (Å²) in [5.41, 5.74) is 0.677. The fraction of sp³-hybridized carbons (Fsp3) is 0.556. The number of amides is 3. The van der Waals surface area contributed by atoms with E-state index in [1.165, 1.54) is 0 Å². The van der Waals surface area contributed by atoms with Gasteiger partial charge in [-0.15, -0.1) is 0 Å². The Morgan fingerprint density at radius 2 is 1.92 bits per heavy atom. The van der Waals surface area contributed by atoms with E-state index in [1.54, 1.807) is 7.11 Å². The van der Waals surface area contributed by atoms with Gasteiger partial charge < -0.3 is 20.3 Å². The molecular formula is C18H27N3O3. The Kier molecular flexibility index (Phi) is 6.46. The standard InChI is InChI=1S/C18H27N3O3/c1-13(2)17(22)19-12-14-8-10-21(11-9-14)18(23)20-15-6-4-5-7-16(15)24-3/h4-7,13-14H,8-12H2,1-3H3,(H,19,22)(H,20,23). The van der Waals surface area contributed by atoms with E-state index < -0.39 is 0 Å². The lowest BCUT2D eigenvalue weighted by molar-refractivity contribution is -0.124. The molecule has 0 aliphatic carbocycles. The van der Waals surface area contributed by atoms with Gasteiger partial charge in [-0.3, -0.25) is 4.79 Å². The third-order valence-electron chi connectivity index (χ3n) is 4.34. The minimum absolute atomic E-state index is 0.0109. The number of carbonyl (C=O) groups excluding carboxylic acids is 2. The van der Waals surface area contributed by atoms with Gasteiger partial charge in [-0.05, 0) is 30.9 Å². The molecule has 0 unspecified atom stereocenters.